The minimum Gasteiger partial charge on any atom is -0.348 e. The Morgan fingerprint density at radius 1 is 1.00 bits per heavy atom. The minimum absolute atomic E-state index is 0.212. The smallest absolute Gasteiger partial charge is 0.257 e. The summed E-state index contributed by atoms with van der Waals surface area (Å²) in [6, 6.07) is 15.5. The zero-order chi connectivity index (χ0) is 17.1. The van der Waals surface area contributed by atoms with Crippen molar-refractivity contribution in [3.8, 4) is 11.3 Å². The molecule has 4 aromatic rings. The SMILES string of the molecule is O=C(NCc1cccnc1)c1cnn2c(-c3ccccc3)ccnc12. The molecule has 1 N–H and O–H groups in total. The quantitative estimate of drug-likeness (QED) is 0.625. The summed E-state index contributed by atoms with van der Waals surface area (Å²) >= 11 is 0. The summed E-state index contributed by atoms with van der Waals surface area (Å²) in [7, 11) is 0. The predicted octanol–water partition coefficient (Wildman–Crippen LogP) is 2.72. The zero-order valence-corrected chi connectivity index (χ0v) is 13.3. The van der Waals surface area contributed by atoms with Gasteiger partial charge in [-0.2, -0.15) is 5.10 Å². The van der Waals surface area contributed by atoms with Crippen molar-refractivity contribution in [2.45, 2.75) is 6.54 Å². The van der Waals surface area contributed by atoms with Gasteiger partial charge in [-0.25, -0.2) is 9.50 Å². The lowest BCUT2D eigenvalue weighted by atomic mass is 10.1. The second kappa shape index (κ2) is 6.52. The molecule has 0 bridgehead atoms. The number of amides is 1. The summed E-state index contributed by atoms with van der Waals surface area (Å²) in [5.41, 5.74) is 3.81. The number of benzene rings is 1. The van der Waals surface area contributed by atoms with Gasteiger partial charge in [0.2, 0.25) is 0 Å². The molecular formula is C19H15N5O. The maximum atomic E-state index is 12.5. The molecule has 6 nitrogen and oxygen atoms in total. The summed E-state index contributed by atoms with van der Waals surface area (Å²) < 4.78 is 1.69. The fraction of sp³-hybridized carbons (Fsp3) is 0.0526. The number of fused-ring (bicyclic) bond motifs is 1. The Morgan fingerprint density at radius 3 is 2.68 bits per heavy atom. The van der Waals surface area contributed by atoms with E-state index >= 15 is 0 Å². The molecule has 0 aliphatic heterocycles. The van der Waals surface area contributed by atoms with Gasteiger partial charge in [-0.3, -0.25) is 9.78 Å². The van der Waals surface area contributed by atoms with E-state index in [4.69, 9.17) is 0 Å². The topological polar surface area (TPSA) is 72.2 Å². The molecule has 0 spiro atoms. The normalized spacial score (nSPS) is 10.7. The lowest BCUT2D eigenvalue weighted by Gasteiger charge is -2.06. The third-order valence-corrected chi connectivity index (χ3v) is 3.89. The van der Waals surface area contributed by atoms with Crippen LogP contribution in [-0.4, -0.2) is 25.5 Å². The van der Waals surface area contributed by atoms with Crippen LogP contribution in [0.4, 0.5) is 0 Å². The molecule has 0 unspecified atom stereocenters. The van der Waals surface area contributed by atoms with Crippen LogP contribution in [0.1, 0.15) is 15.9 Å². The highest BCUT2D eigenvalue weighted by atomic mass is 16.1. The monoisotopic (exact) mass is 329 g/mol. The Morgan fingerprint density at radius 2 is 1.88 bits per heavy atom. The first kappa shape index (κ1) is 15.0. The van der Waals surface area contributed by atoms with Gasteiger partial charge < -0.3 is 5.32 Å². The first-order valence-corrected chi connectivity index (χ1v) is 7.88. The fourth-order valence-electron chi connectivity index (χ4n) is 2.66. The molecule has 0 radical (unpaired) electrons. The van der Waals surface area contributed by atoms with Gasteiger partial charge in [-0.05, 0) is 17.7 Å². The van der Waals surface area contributed by atoms with Crippen LogP contribution in [0.3, 0.4) is 0 Å². The van der Waals surface area contributed by atoms with E-state index in [1.807, 2.05) is 48.5 Å². The van der Waals surface area contributed by atoms with Crippen molar-refractivity contribution in [2.75, 3.05) is 0 Å². The zero-order valence-electron chi connectivity index (χ0n) is 13.3. The van der Waals surface area contributed by atoms with E-state index in [1.165, 1.54) is 0 Å². The van der Waals surface area contributed by atoms with E-state index in [1.54, 1.807) is 29.3 Å². The first-order chi connectivity index (χ1) is 12.3. The molecule has 122 valence electrons. The molecule has 0 aliphatic rings. The second-order valence-electron chi connectivity index (χ2n) is 5.53. The van der Waals surface area contributed by atoms with Crippen LogP contribution < -0.4 is 5.32 Å². The molecule has 0 aliphatic carbocycles. The van der Waals surface area contributed by atoms with Gasteiger partial charge in [0, 0.05) is 30.7 Å². The van der Waals surface area contributed by atoms with Gasteiger partial charge in [0.25, 0.3) is 5.91 Å². The first-order valence-electron chi connectivity index (χ1n) is 7.88. The molecular weight excluding hydrogens is 314 g/mol. The summed E-state index contributed by atoms with van der Waals surface area (Å²) in [6.45, 7) is 0.405. The predicted molar refractivity (Wildman–Crippen MR) is 93.8 cm³/mol. The van der Waals surface area contributed by atoms with Crippen LogP contribution in [0.5, 0.6) is 0 Å². The van der Waals surface area contributed by atoms with E-state index in [0.717, 1.165) is 16.8 Å². The number of carbonyl (C=O) groups excluding carboxylic acids is 1. The summed E-state index contributed by atoms with van der Waals surface area (Å²) in [6.07, 6.45) is 6.67. The van der Waals surface area contributed by atoms with Gasteiger partial charge in [0.05, 0.1) is 11.9 Å². The van der Waals surface area contributed by atoms with Crippen LogP contribution in [0.15, 0.2) is 73.3 Å². The van der Waals surface area contributed by atoms with E-state index in [-0.39, 0.29) is 5.91 Å². The average molecular weight is 329 g/mol. The minimum atomic E-state index is -0.212. The summed E-state index contributed by atoms with van der Waals surface area (Å²) in [5.74, 6) is -0.212. The molecule has 0 atom stereocenters. The highest BCUT2D eigenvalue weighted by Crippen LogP contribution is 2.20. The highest BCUT2D eigenvalue weighted by molar-refractivity contribution is 5.99. The standard InChI is InChI=1S/C19H15N5O/c25-19(22-12-14-5-4-9-20-11-14)16-13-23-24-17(8-10-21-18(16)24)15-6-2-1-3-7-15/h1-11,13H,12H2,(H,22,25). The van der Waals surface area contributed by atoms with Crippen LogP contribution in [-0.2, 0) is 6.54 Å². The fourth-order valence-corrected chi connectivity index (χ4v) is 2.66. The van der Waals surface area contributed by atoms with Crippen LogP contribution >= 0.6 is 0 Å². The van der Waals surface area contributed by atoms with Gasteiger partial charge >= 0.3 is 0 Å². The number of aromatic nitrogens is 4. The summed E-state index contributed by atoms with van der Waals surface area (Å²) in [5, 5.41) is 7.23. The number of hydrogen-bond donors (Lipinski definition) is 1. The third kappa shape index (κ3) is 2.97. The number of nitrogens with one attached hydrogen (secondary N) is 1. The lowest BCUT2D eigenvalue weighted by molar-refractivity contribution is 0.0952. The molecule has 6 heteroatoms. The third-order valence-electron chi connectivity index (χ3n) is 3.89. The van der Waals surface area contributed by atoms with Crippen molar-refractivity contribution < 1.29 is 4.79 Å². The Hall–Kier alpha value is -3.54. The van der Waals surface area contributed by atoms with Gasteiger partial charge in [-0.15, -0.1) is 0 Å². The largest absolute Gasteiger partial charge is 0.348 e. The van der Waals surface area contributed by atoms with Crippen molar-refractivity contribution in [3.63, 3.8) is 0 Å². The van der Waals surface area contributed by atoms with Crippen molar-refractivity contribution in [2.24, 2.45) is 0 Å². The molecule has 3 aromatic heterocycles. The number of rotatable bonds is 4. The van der Waals surface area contributed by atoms with Crippen LogP contribution in [0.2, 0.25) is 0 Å². The number of hydrogen-bond acceptors (Lipinski definition) is 4. The molecule has 0 saturated carbocycles. The Bertz CT molecular complexity index is 1010. The van der Waals surface area contributed by atoms with E-state index in [2.05, 4.69) is 20.4 Å². The van der Waals surface area contributed by atoms with Crippen LogP contribution in [0, 0.1) is 0 Å². The Balaban J connectivity index is 1.64. The molecule has 0 fully saturated rings. The average Bonchev–Trinajstić information content (AvgIpc) is 3.12. The van der Waals surface area contributed by atoms with Crippen molar-refractivity contribution >= 4 is 11.6 Å². The maximum absolute atomic E-state index is 12.5. The Kier molecular flexibility index (Phi) is 3.92. The molecule has 1 amide bonds. The van der Waals surface area contributed by atoms with E-state index in [9.17, 15) is 4.79 Å². The maximum Gasteiger partial charge on any atom is 0.257 e. The number of nitrogens with zero attached hydrogens (tertiary/aromatic N) is 4. The van der Waals surface area contributed by atoms with Gasteiger partial charge in [0.15, 0.2) is 5.65 Å². The summed E-state index contributed by atoms with van der Waals surface area (Å²) in [4.78, 5) is 20.9. The molecule has 4 rings (SSSR count). The van der Waals surface area contributed by atoms with E-state index < -0.39 is 0 Å². The van der Waals surface area contributed by atoms with Crippen molar-refractivity contribution in [1.29, 1.82) is 0 Å². The molecule has 25 heavy (non-hydrogen) atoms. The molecule has 3 heterocycles. The highest BCUT2D eigenvalue weighted by Gasteiger charge is 2.15. The van der Waals surface area contributed by atoms with Gasteiger partial charge in [-0.1, -0.05) is 36.4 Å². The lowest BCUT2D eigenvalue weighted by Crippen LogP contribution is -2.22. The van der Waals surface area contributed by atoms with Gasteiger partial charge in [0.1, 0.15) is 5.56 Å². The molecule has 1 aromatic carbocycles. The Labute approximate surface area is 144 Å². The van der Waals surface area contributed by atoms with Crippen molar-refractivity contribution in [1.82, 2.24) is 24.9 Å². The van der Waals surface area contributed by atoms with E-state index in [0.29, 0.717) is 17.8 Å². The molecule has 0 saturated heterocycles. The number of pyridine rings is 1. The van der Waals surface area contributed by atoms with Crippen molar-refractivity contribution in [3.05, 3.63) is 84.4 Å². The second-order valence-corrected chi connectivity index (χ2v) is 5.53. The van der Waals surface area contributed by atoms with Crippen LogP contribution in [0.25, 0.3) is 16.9 Å². The number of carbonyl (C=O) groups is 1.